The summed E-state index contributed by atoms with van der Waals surface area (Å²) in [6.07, 6.45) is 1.90. The van der Waals surface area contributed by atoms with Crippen LogP contribution in [-0.4, -0.2) is 18.0 Å². The van der Waals surface area contributed by atoms with Crippen molar-refractivity contribution in [3.8, 4) is 0 Å². The molecule has 1 aliphatic rings. The molecule has 4 nitrogen and oxygen atoms in total. The van der Waals surface area contributed by atoms with Gasteiger partial charge < -0.3 is 15.0 Å². The number of aliphatic imine (C=N–C) groups is 1. The van der Waals surface area contributed by atoms with Crippen LogP contribution >= 0.6 is 11.6 Å². The molecule has 2 aromatic rings. The lowest BCUT2D eigenvalue weighted by atomic mass is 10.2. The summed E-state index contributed by atoms with van der Waals surface area (Å²) < 4.78 is 5.39. The van der Waals surface area contributed by atoms with E-state index in [1.165, 1.54) is 0 Å². The fraction of sp³-hybridized carbons (Fsp3) is 0.150. The monoisotopic (exact) mass is 353 g/mol. The largest absolute Gasteiger partial charge is 0.493 e. The molecule has 1 heterocycles. The molecule has 0 saturated carbocycles. The molecular weight excluding hydrogens is 334 g/mol. The van der Waals surface area contributed by atoms with Gasteiger partial charge in [-0.2, -0.15) is 0 Å². The molecule has 0 unspecified atom stereocenters. The van der Waals surface area contributed by atoms with Crippen LogP contribution in [0.3, 0.4) is 0 Å². The lowest BCUT2D eigenvalue weighted by Crippen LogP contribution is -2.41. The Balaban J connectivity index is 2.00. The number of methoxy groups -OCH3 is 1. The van der Waals surface area contributed by atoms with Gasteiger partial charge >= 0.3 is 0 Å². The third kappa shape index (κ3) is 3.86. The van der Waals surface area contributed by atoms with Crippen molar-refractivity contribution in [1.82, 2.24) is 10.2 Å². The zero-order chi connectivity index (χ0) is 17.8. The molecule has 0 atom stereocenters. The molecule has 2 aromatic carbocycles. The first kappa shape index (κ1) is 17.1. The summed E-state index contributed by atoms with van der Waals surface area (Å²) >= 11 is 6.40. The van der Waals surface area contributed by atoms with Gasteiger partial charge in [0.1, 0.15) is 0 Å². The van der Waals surface area contributed by atoms with Crippen molar-refractivity contribution in [2.24, 2.45) is 4.99 Å². The Morgan fingerprint density at radius 2 is 1.92 bits per heavy atom. The number of benzene rings is 2. The van der Waals surface area contributed by atoms with Crippen LogP contribution in [0.1, 0.15) is 11.1 Å². The molecule has 0 aromatic heterocycles. The minimum Gasteiger partial charge on any atom is -0.493 e. The van der Waals surface area contributed by atoms with Gasteiger partial charge in [-0.1, -0.05) is 60.6 Å². The van der Waals surface area contributed by atoms with Crippen LogP contribution in [0.25, 0.3) is 0 Å². The predicted molar refractivity (Wildman–Crippen MR) is 103 cm³/mol. The number of halogens is 1. The van der Waals surface area contributed by atoms with Gasteiger partial charge in [-0.05, 0) is 24.1 Å². The molecule has 5 heteroatoms. The van der Waals surface area contributed by atoms with E-state index in [1.807, 2.05) is 54.4 Å². The highest BCUT2D eigenvalue weighted by Gasteiger charge is 2.21. The number of hydrogen-bond donors (Lipinski definition) is 1. The minimum atomic E-state index is 0.642. The number of ether oxygens (including phenoxy) is 1. The van der Waals surface area contributed by atoms with E-state index >= 15 is 0 Å². The standard InChI is InChI=1S/C20H20ClN3O/c1-14-8-7-11-17(19(14)21)23-20-22-15(2)18(25-3)13-24(20)12-16-9-5-4-6-10-16/h4-11,13H,2,12H2,1,3H3,(H,22,23). The zero-order valence-corrected chi connectivity index (χ0v) is 15.0. The first-order valence-electron chi connectivity index (χ1n) is 7.95. The smallest absolute Gasteiger partial charge is 0.208 e. The number of rotatable bonds is 4. The van der Waals surface area contributed by atoms with E-state index in [9.17, 15) is 0 Å². The molecule has 0 saturated heterocycles. The van der Waals surface area contributed by atoms with Crippen LogP contribution in [0.5, 0.6) is 0 Å². The molecule has 25 heavy (non-hydrogen) atoms. The van der Waals surface area contributed by atoms with Crippen molar-refractivity contribution in [2.45, 2.75) is 13.5 Å². The van der Waals surface area contributed by atoms with Crippen LogP contribution in [0, 0.1) is 6.92 Å². The lowest BCUT2D eigenvalue weighted by molar-refractivity contribution is 0.282. The van der Waals surface area contributed by atoms with Crippen LogP contribution in [0.2, 0.25) is 5.02 Å². The summed E-state index contributed by atoms with van der Waals surface area (Å²) in [6.45, 7) is 6.61. The van der Waals surface area contributed by atoms with Crippen LogP contribution in [0.4, 0.5) is 5.69 Å². The third-order valence-electron chi connectivity index (χ3n) is 3.92. The molecule has 0 amide bonds. The molecule has 1 aliphatic heterocycles. The maximum Gasteiger partial charge on any atom is 0.208 e. The predicted octanol–water partition coefficient (Wildman–Crippen LogP) is 4.74. The molecule has 0 bridgehead atoms. The van der Waals surface area contributed by atoms with Crippen molar-refractivity contribution in [2.75, 3.05) is 7.11 Å². The number of nitrogens with zero attached hydrogens (tertiary/aromatic N) is 2. The first-order valence-corrected chi connectivity index (χ1v) is 8.33. The maximum absolute atomic E-state index is 6.40. The van der Waals surface area contributed by atoms with Crippen molar-refractivity contribution in [3.63, 3.8) is 0 Å². The summed E-state index contributed by atoms with van der Waals surface area (Å²) in [6, 6.07) is 16.0. The SMILES string of the molecule is C=C1NC(=Nc2cccc(C)c2Cl)N(Cc2ccccc2)C=C1OC. The zero-order valence-electron chi connectivity index (χ0n) is 14.3. The molecule has 0 spiro atoms. The average molecular weight is 354 g/mol. The summed E-state index contributed by atoms with van der Waals surface area (Å²) in [5, 5.41) is 3.85. The fourth-order valence-electron chi connectivity index (χ4n) is 2.55. The van der Waals surface area contributed by atoms with Gasteiger partial charge in [-0.15, -0.1) is 0 Å². The van der Waals surface area contributed by atoms with Crippen molar-refractivity contribution in [3.05, 3.63) is 88.9 Å². The van der Waals surface area contributed by atoms with Gasteiger partial charge in [0.25, 0.3) is 0 Å². The Morgan fingerprint density at radius 3 is 2.64 bits per heavy atom. The normalized spacial score (nSPS) is 15.8. The number of nitrogens with one attached hydrogen (secondary N) is 1. The molecule has 1 N–H and O–H groups in total. The highest BCUT2D eigenvalue weighted by atomic mass is 35.5. The fourth-order valence-corrected chi connectivity index (χ4v) is 2.72. The summed E-state index contributed by atoms with van der Waals surface area (Å²) in [5.74, 6) is 1.33. The number of aryl methyl sites for hydroxylation is 1. The topological polar surface area (TPSA) is 36.9 Å². The number of hydrogen-bond acceptors (Lipinski definition) is 2. The van der Waals surface area contributed by atoms with Crippen LogP contribution in [0.15, 0.2) is 77.8 Å². The summed E-state index contributed by atoms with van der Waals surface area (Å²) in [5.41, 5.74) is 3.52. The quantitative estimate of drug-likeness (QED) is 0.862. The van der Waals surface area contributed by atoms with Gasteiger partial charge in [0.15, 0.2) is 5.76 Å². The Bertz CT molecular complexity index is 843. The second-order valence-corrected chi connectivity index (χ2v) is 6.14. The summed E-state index contributed by atoms with van der Waals surface area (Å²) in [4.78, 5) is 6.70. The first-order chi connectivity index (χ1) is 12.1. The Morgan fingerprint density at radius 1 is 1.16 bits per heavy atom. The van der Waals surface area contributed by atoms with E-state index in [0.717, 1.165) is 11.1 Å². The van der Waals surface area contributed by atoms with Gasteiger partial charge in [0.2, 0.25) is 5.96 Å². The van der Waals surface area contributed by atoms with E-state index in [0.29, 0.717) is 34.7 Å². The summed E-state index contributed by atoms with van der Waals surface area (Å²) in [7, 11) is 1.62. The molecule has 128 valence electrons. The lowest BCUT2D eigenvalue weighted by Gasteiger charge is -2.30. The third-order valence-corrected chi connectivity index (χ3v) is 4.41. The number of guanidine groups is 1. The van der Waals surface area contributed by atoms with Crippen molar-refractivity contribution in [1.29, 1.82) is 0 Å². The van der Waals surface area contributed by atoms with E-state index in [2.05, 4.69) is 24.0 Å². The Labute approximate surface area is 153 Å². The average Bonchev–Trinajstić information content (AvgIpc) is 2.62. The second kappa shape index (κ2) is 7.45. The van der Waals surface area contributed by atoms with Crippen molar-refractivity contribution < 1.29 is 4.74 Å². The van der Waals surface area contributed by atoms with Crippen LogP contribution in [-0.2, 0) is 11.3 Å². The Hall–Kier alpha value is -2.72. The van der Waals surface area contributed by atoms with E-state index in [1.54, 1.807) is 7.11 Å². The van der Waals surface area contributed by atoms with Gasteiger partial charge in [-0.25, -0.2) is 4.99 Å². The van der Waals surface area contributed by atoms with Gasteiger partial charge in [0.05, 0.1) is 36.3 Å². The van der Waals surface area contributed by atoms with E-state index in [4.69, 9.17) is 21.3 Å². The van der Waals surface area contributed by atoms with Crippen molar-refractivity contribution >= 4 is 23.2 Å². The molecule has 0 fully saturated rings. The second-order valence-electron chi connectivity index (χ2n) is 5.76. The molecule has 3 rings (SSSR count). The maximum atomic E-state index is 6.40. The van der Waals surface area contributed by atoms with E-state index < -0.39 is 0 Å². The van der Waals surface area contributed by atoms with Gasteiger partial charge in [-0.3, -0.25) is 0 Å². The van der Waals surface area contributed by atoms with Gasteiger partial charge in [0, 0.05) is 0 Å². The highest BCUT2D eigenvalue weighted by Crippen LogP contribution is 2.29. The molecule has 0 aliphatic carbocycles. The molecular formula is C20H20ClN3O. The molecule has 0 radical (unpaired) electrons. The van der Waals surface area contributed by atoms with Crippen LogP contribution < -0.4 is 5.32 Å². The Kier molecular flexibility index (Phi) is 5.10. The van der Waals surface area contributed by atoms with E-state index in [-0.39, 0.29) is 0 Å². The minimum absolute atomic E-state index is 0.642. The highest BCUT2D eigenvalue weighted by molar-refractivity contribution is 6.33.